The standard InChI is InChI=1S/C28H34N6O3/c1-3-25(35)33-16-5-4-7-21(18-33)34-26-23(8-6-9-24(26)37-22-11-13-29-14-12-22)31-28(34)32-27(36)20-10-15-30-19(2)17-20/h3,6,8-10,15,17,21-22,29H,1,4-5,7,11-14,16,18H2,2H3,(H,31,32,36)/t21-/m1/s1. The quantitative estimate of drug-likeness (QED) is 0.497. The molecule has 0 bridgehead atoms. The number of anilines is 1. The van der Waals surface area contributed by atoms with Gasteiger partial charge >= 0.3 is 0 Å². The molecule has 0 aliphatic carbocycles. The Labute approximate surface area is 216 Å². The number of imidazole rings is 1. The Bertz CT molecular complexity index is 1300. The van der Waals surface area contributed by atoms with Gasteiger partial charge in [0.05, 0.1) is 11.6 Å². The molecule has 0 radical (unpaired) electrons. The Balaban J connectivity index is 1.57. The number of piperidine rings is 1. The summed E-state index contributed by atoms with van der Waals surface area (Å²) in [6.07, 6.45) is 7.70. The van der Waals surface area contributed by atoms with Crippen LogP contribution in [0.4, 0.5) is 5.95 Å². The van der Waals surface area contributed by atoms with Gasteiger partial charge in [0, 0.05) is 30.5 Å². The Kier molecular flexibility index (Phi) is 7.50. The Morgan fingerprint density at radius 2 is 2.03 bits per heavy atom. The number of carbonyl (C=O) groups is 2. The molecule has 9 heteroatoms. The summed E-state index contributed by atoms with van der Waals surface area (Å²) in [7, 11) is 0. The highest BCUT2D eigenvalue weighted by Crippen LogP contribution is 2.36. The van der Waals surface area contributed by atoms with Gasteiger partial charge in [0.25, 0.3) is 5.91 Å². The lowest BCUT2D eigenvalue weighted by molar-refractivity contribution is -0.126. The Morgan fingerprint density at radius 3 is 2.81 bits per heavy atom. The van der Waals surface area contributed by atoms with E-state index < -0.39 is 0 Å². The lowest BCUT2D eigenvalue weighted by Gasteiger charge is -2.28. The number of nitrogens with one attached hydrogen (secondary N) is 2. The van der Waals surface area contributed by atoms with E-state index in [2.05, 4.69) is 26.8 Å². The first-order chi connectivity index (χ1) is 18.0. The van der Waals surface area contributed by atoms with Crippen molar-refractivity contribution in [1.29, 1.82) is 0 Å². The fourth-order valence-electron chi connectivity index (χ4n) is 5.27. The average Bonchev–Trinajstić information content (AvgIpc) is 3.10. The second-order valence-corrected chi connectivity index (χ2v) is 9.77. The zero-order valence-corrected chi connectivity index (χ0v) is 21.3. The molecule has 2 amide bonds. The number of hydrogen-bond acceptors (Lipinski definition) is 6. The predicted molar refractivity (Wildman–Crippen MR) is 143 cm³/mol. The van der Waals surface area contributed by atoms with E-state index in [1.807, 2.05) is 30.0 Å². The highest BCUT2D eigenvalue weighted by molar-refractivity contribution is 6.04. The van der Waals surface area contributed by atoms with Crippen LogP contribution in [-0.4, -0.2) is 63.5 Å². The lowest BCUT2D eigenvalue weighted by atomic mass is 10.1. The van der Waals surface area contributed by atoms with Gasteiger partial charge in [0.1, 0.15) is 17.4 Å². The molecule has 4 heterocycles. The van der Waals surface area contributed by atoms with Crippen LogP contribution in [0.25, 0.3) is 11.0 Å². The number of nitrogens with zero attached hydrogens (tertiary/aromatic N) is 4. The molecular formula is C28H34N6O3. The van der Waals surface area contributed by atoms with Gasteiger partial charge in [0.15, 0.2) is 0 Å². The van der Waals surface area contributed by atoms with E-state index in [1.165, 1.54) is 6.08 Å². The van der Waals surface area contributed by atoms with Crippen molar-refractivity contribution in [2.24, 2.45) is 0 Å². The van der Waals surface area contributed by atoms with Crippen LogP contribution in [-0.2, 0) is 4.79 Å². The number of hydrogen-bond donors (Lipinski definition) is 2. The number of pyridine rings is 1. The van der Waals surface area contributed by atoms with Crippen LogP contribution >= 0.6 is 0 Å². The maximum Gasteiger partial charge on any atom is 0.258 e. The van der Waals surface area contributed by atoms with Crippen molar-refractivity contribution in [2.45, 2.75) is 51.2 Å². The fourth-order valence-corrected chi connectivity index (χ4v) is 5.27. The van der Waals surface area contributed by atoms with Gasteiger partial charge in [-0.3, -0.25) is 19.9 Å². The SMILES string of the molecule is C=CC(=O)N1CCCC[C@@H](n2c(NC(=O)c3ccnc(C)c3)nc3cccc(OC4CCNCC4)c32)C1. The highest BCUT2D eigenvalue weighted by Gasteiger charge is 2.28. The van der Waals surface area contributed by atoms with E-state index in [-0.39, 0.29) is 24.0 Å². The van der Waals surface area contributed by atoms with Gasteiger partial charge in [-0.1, -0.05) is 12.6 Å². The first-order valence-electron chi connectivity index (χ1n) is 13.1. The number of carbonyl (C=O) groups excluding carboxylic acids is 2. The fraction of sp³-hybridized carbons (Fsp3) is 0.429. The minimum atomic E-state index is -0.254. The smallest absolute Gasteiger partial charge is 0.258 e. The summed E-state index contributed by atoms with van der Waals surface area (Å²) in [6.45, 7) is 8.58. The van der Waals surface area contributed by atoms with E-state index in [9.17, 15) is 9.59 Å². The van der Waals surface area contributed by atoms with Crippen LogP contribution in [0.2, 0.25) is 0 Å². The summed E-state index contributed by atoms with van der Waals surface area (Å²) >= 11 is 0. The molecule has 2 N–H and O–H groups in total. The van der Waals surface area contributed by atoms with Crippen molar-refractivity contribution in [3.8, 4) is 5.75 Å². The van der Waals surface area contributed by atoms with Crippen molar-refractivity contribution < 1.29 is 14.3 Å². The first-order valence-corrected chi connectivity index (χ1v) is 13.1. The van der Waals surface area contributed by atoms with Gasteiger partial charge in [-0.15, -0.1) is 0 Å². The molecule has 2 aromatic heterocycles. The van der Waals surface area contributed by atoms with Crippen LogP contribution in [0.5, 0.6) is 5.75 Å². The van der Waals surface area contributed by atoms with Gasteiger partial charge in [-0.25, -0.2) is 4.98 Å². The van der Waals surface area contributed by atoms with Crippen molar-refractivity contribution >= 4 is 28.8 Å². The molecule has 0 unspecified atom stereocenters. The van der Waals surface area contributed by atoms with Gasteiger partial charge in [-0.2, -0.15) is 0 Å². The Hall–Kier alpha value is -3.72. The van der Waals surface area contributed by atoms with Crippen molar-refractivity contribution in [3.63, 3.8) is 0 Å². The topological polar surface area (TPSA) is 101 Å². The van der Waals surface area contributed by atoms with E-state index in [1.54, 1.807) is 18.3 Å². The molecule has 5 rings (SSSR count). The van der Waals surface area contributed by atoms with Crippen LogP contribution in [0.3, 0.4) is 0 Å². The van der Waals surface area contributed by atoms with Gasteiger partial charge in [-0.05, 0) is 82.5 Å². The normalized spacial score (nSPS) is 18.8. The zero-order valence-electron chi connectivity index (χ0n) is 21.3. The van der Waals surface area contributed by atoms with Crippen LogP contribution in [0.1, 0.15) is 54.2 Å². The maximum atomic E-state index is 13.3. The van der Waals surface area contributed by atoms with E-state index in [0.29, 0.717) is 24.6 Å². The first kappa shape index (κ1) is 25.0. The number of rotatable bonds is 6. The molecule has 9 nitrogen and oxygen atoms in total. The molecule has 194 valence electrons. The molecule has 1 atom stereocenters. The summed E-state index contributed by atoms with van der Waals surface area (Å²) in [5, 5.41) is 6.42. The highest BCUT2D eigenvalue weighted by atomic mass is 16.5. The van der Waals surface area contributed by atoms with Crippen LogP contribution < -0.4 is 15.4 Å². The number of aromatic nitrogens is 3. The summed E-state index contributed by atoms with van der Waals surface area (Å²) < 4.78 is 8.60. The third-order valence-electron chi connectivity index (χ3n) is 7.14. The number of fused-ring (bicyclic) bond motifs is 1. The minimum Gasteiger partial charge on any atom is -0.488 e. The minimum absolute atomic E-state index is 0.0800. The second-order valence-electron chi connectivity index (χ2n) is 9.77. The van der Waals surface area contributed by atoms with Gasteiger partial charge in [0.2, 0.25) is 11.9 Å². The summed E-state index contributed by atoms with van der Waals surface area (Å²) in [5.74, 6) is 0.868. The second kappa shape index (κ2) is 11.1. The monoisotopic (exact) mass is 502 g/mol. The average molecular weight is 503 g/mol. The molecule has 1 aromatic carbocycles. The summed E-state index contributed by atoms with van der Waals surface area (Å²) in [5.41, 5.74) is 2.88. The number of para-hydroxylation sites is 1. The molecule has 2 saturated heterocycles. The molecule has 3 aromatic rings. The molecule has 0 saturated carbocycles. The number of ether oxygens (including phenoxy) is 1. The third-order valence-corrected chi connectivity index (χ3v) is 7.14. The summed E-state index contributed by atoms with van der Waals surface area (Å²) in [4.78, 5) is 36.7. The number of benzene rings is 1. The Morgan fingerprint density at radius 1 is 1.19 bits per heavy atom. The zero-order chi connectivity index (χ0) is 25.8. The molecule has 2 fully saturated rings. The number of amides is 2. The third kappa shape index (κ3) is 5.51. The summed E-state index contributed by atoms with van der Waals surface area (Å²) in [6, 6.07) is 9.22. The van der Waals surface area contributed by atoms with E-state index in [0.717, 1.165) is 67.7 Å². The van der Waals surface area contributed by atoms with Crippen molar-refractivity contribution in [3.05, 3.63) is 60.4 Å². The molecule has 2 aliphatic heterocycles. The van der Waals surface area contributed by atoms with Crippen LogP contribution in [0, 0.1) is 6.92 Å². The lowest BCUT2D eigenvalue weighted by Crippen LogP contribution is -2.35. The van der Waals surface area contributed by atoms with E-state index >= 15 is 0 Å². The van der Waals surface area contributed by atoms with Gasteiger partial charge < -0.3 is 19.5 Å². The molecule has 2 aliphatic rings. The van der Waals surface area contributed by atoms with Crippen LogP contribution in [0.15, 0.2) is 49.2 Å². The van der Waals surface area contributed by atoms with Crippen molar-refractivity contribution in [1.82, 2.24) is 24.8 Å². The molecule has 0 spiro atoms. The van der Waals surface area contributed by atoms with E-state index in [4.69, 9.17) is 9.72 Å². The maximum absolute atomic E-state index is 13.3. The molecule has 37 heavy (non-hydrogen) atoms. The largest absolute Gasteiger partial charge is 0.488 e. The number of likely N-dealkylation sites (tertiary alicyclic amines) is 1. The molecular weight excluding hydrogens is 468 g/mol. The van der Waals surface area contributed by atoms with Crippen molar-refractivity contribution in [2.75, 3.05) is 31.5 Å². The predicted octanol–water partition coefficient (Wildman–Crippen LogP) is 3.86. The number of aryl methyl sites for hydroxylation is 1.